The number of anilines is 2. The second-order valence-corrected chi connectivity index (χ2v) is 3.34. The number of nitriles is 1. The third kappa shape index (κ3) is 1.93. The fraction of sp³-hybridized carbons (Fsp3) is 0.625. The van der Waals surface area contributed by atoms with Crippen LogP contribution in [0.25, 0.3) is 0 Å². The molecule has 0 bridgehead atoms. The van der Waals surface area contributed by atoms with Gasteiger partial charge in [0.15, 0.2) is 0 Å². The van der Waals surface area contributed by atoms with Crippen molar-refractivity contribution in [2.24, 2.45) is 0 Å². The first kappa shape index (κ1) is 8.81. The van der Waals surface area contributed by atoms with E-state index in [1.807, 2.05) is 6.07 Å². The monoisotopic (exact) mass is 192 g/mol. The van der Waals surface area contributed by atoms with Crippen LogP contribution in [0, 0.1) is 11.3 Å². The third-order valence-corrected chi connectivity index (χ3v) is 2.05. The Hall–Kier alpha value is -1.77. The van der Waals surface area contributed by atoms with Crippen molar-refractivity contribution in [2.45, 2.75) is 31.8 Å². The van der Waals surface area contributed by atoms with Crippen LogP contribution in [0.1, 0.15) is 19.3 Å². The second-order valence-electron chi connectivity index (χ2n) is 3.34. The Kier molecular flexibility index (Phi) is 2.23. The summed E-state index contributed by atoms with van der Waals surface area (Å²) in [6.07, 6.45) is 2.75. The predicted molar refractivity (Wildman–Crippen MR) is 51.3 cm³/mol. The minimum absolute atomic E-state index is 0.364. The van der Waals surface area contributed by atoms with Crippen molar-refractivity contribution in [1.82, 2.24) is 14.8 Å². The maximum atomic E-state index is 8.41. The molecule has 1 aliphatic carbocycles. The first-order chi connectivity index (χ1) is 6.79. The summed E-state index contributed by atoms with van der Waals surface area (Å²) in [6.45, 7) is 0.502. The van der Waals surface area contributed by atoms with Gasteiger partial charge < -0.3 is 11.1 Å². The molecule has 1 heterocycles. The van der Waals surface area contributed by atoms with Gasteiger partial charge in [-0.05, 0) is 12.8 Å². The van der Waals surface area contributed by atoms with E-state index in [-0.39, 0.29) is 0 Å². The fourth-order valence-corrected chi connectivity index (χ4v) is 1.15. The Labute approximate surface area is 81.7 Å². The van der Waals surface area contributed by atoms with E-state index in [9.17, 15) is 0 Å². The molecular formula is C8H12N6. The van der Waals surface area contributed by atoms with Crippen LogP contribution in [0.5, 0.6) is 0 Å². The first-order valence-corrected chi connectivity index (χ1v) is 4.63. The van der Waals surface area contributed by atoms with Crippen LogP contribution >= 0.6 is 0 Å². The maximum Gasteiger partial charge on any atom is 0.244 e. The van der Waals surface area contributed by atoms with Gasteiger partial charge in [-0.25, -0.2) is 4.68 Å². The van der Waals surface area contributed by atoms with Crippen LogP contribution < -0.4 is 11.1 Å². The number of hydrogen-bond donors (Lipinski definition) is 2. The number of aryl methyl sites for hydroxylation is 1. The fourth-order valence-electron chi connectivity index (χ4n) is 1.15. The Morgan fingerprint density at radius 2 is 2.43 bits per heavy atom. The van der Waals surface area contributed by atoms with Crippen molar-refractivity contribution < 1.29 is 0 Å². The van der Waals surface area contributed by atoms with Crippen molar-refractivity contribution >= 4 is 11.9 Å². The molecular weight excluding hydrogens is 180 g/mol. The molecule has 0 unspecified atom stereocenters. The van der Waals surface area contributed by atoms with Gasteiger partial charge in [-0.2, -0.15) is 10.2 Å². The zero-order chi connectivity index (χ0) is 9.97. The molecule has 0 aromatic carbocycles. The summed E-state index contributed by atoms with van der Waals surface area (Å²) in [5, 5.41) is 15.7. The quantitative estimate of drug-likeness (QED) is 0.718. The lowest BCUT2D eigenvalue weighted by Gasteiger charge is -1.96. The van der Waals surface area contributed by atoms with Gasteiger partial charge in [0.2, 0.25) is 11.9 Å². The number of aromatic nitrogens is 3. The van der Waals surface area contributed by atoms with E-state index >= 15 is 0 Å². The van der Waals surface area contributed by atoms with Crippen LogP contribution in [-0.2, 0) is 6.54 Å². The number of nitrogens with zero attached hydrogens (tertiary/aromatic N) is 4. The van der Waals surface area contributed by atoms with Gasteiger partial charge in [-0.1, -0.05) is 0 Å². The minimum atomic E-state index is 0.364. The van der Waals surface area contributed by atoms with Gasteiger partial charge in [-0.3, -0.25) is 0 Å². The smallest absolute Gasteiger partial charge is 0.244 e. The number of nitrogen functional groups attached to an aromatic ring is 1. The molecule has 1 saturated carbocycles. The van der Waals surface area contributed by atoms with Gasteiger partial charge in [0, 0.05) is 6.04 Å². The van der Waals surface area contributed by atoms with Crippen molar-refractivity contribution in [3.63, 3.8) is 0 Å². The zero-order valence-electron chi connectivity index (χ0n) is 7.77. The summed E-state index contributed by atoms with van der Waals surface area (Å²) in [5.41, 5.74) is 5.62. The number of hydrogen-bond acceptors (Lipinski definition) is 5. The summed E-state index contributed by atoms with van der Waals surface area (Å²) in [4.78, 5) is 4.05. The molecule has 0 aliphatic heterocycles. The largest absolute Gasteiger partial charge is 0.368 e. The zero-order valence-corrected chi connectivity index (χ0v) is 7.77. The average molecular weight is 192 g/mol. The standard InChI is InChI=1S/C8H12N6/c9-4-1-5-14-7(10)12-8(13-14)11-6-2-3-6/h6H,1-3,5H2,(H3,10,11,12,13). The SMILES string of the molecule is N#CCCn1nc(NC2CC2)nc1N. The molecule has 1 aromatic heterocycles. The first-order valence-electron chi connectivity index (χ1n) is 4.63. The molecule has 0 amide bonds. The lowest BCUT2D eigenvalue weighted by Crippen LogP contribution is -2.05. The molecule has 0 radical (unpaired) electrons. The van der Waals surface area contributed by atoms with Crippen LogP contribution in [0.4, 0.5) is 11.9 Å². The van der Waals surface area contributed by atoms with E-state index in [2.05, 4.69) is 15.4 Å². The molecule has 2 rings (SSSR count). The maximum absolute atomic E-state index is 8.41. The van der Waals surface area contributed by atoms with Crippen molar-refractivity contribution in [1.29, 1.82) is 5.26 Å². The summed E-state index contributed by atoms with van der Waals surface area (Å²) < 4.78 is 1.55. The van der Waals surface area contributed by atoms with Crippen LogP contribution in [0.2, 0.25) is 0 Å². The lowest BCUT2D eigenvalue weighted by molar-refractivity contribution is 0.637. The average Bonchev–Trinajstić information content (AvgIpc) is 2.88. The Morgan fingerprint density at radius 3 is 3.07 bits per heavy atom. The number of rotatable bonds is 4. The molecule has 1 aliphatic rings. The summed E-state index contributed by atoms with van der Waals surface area (Å²) >= 11 is 0. The van der Waals surface area contributed by atoms with Crippen molar-refractivity contribution in [2.75, 3.05) is 11.1 Å². The van der Waals surface area contributed by atoms with Gasteiger partial charge in [0.05, 0.1) is 19.0 Å². The van der Waals surface area contributed by atoms with E-state index in [0.717, 1.165) is 0 Å². The van der Waals surface area contributed by atoms with E-state index < -0.39 is 0 Å². The predicted octanol–water partition coefficient (Wildman–Crippen LogP) is 0.348. The highest BCUT2D eigenvalue weighted by Crippen LogP contribution is 2.23. The molecule has 1 aromatic rings. The number of nitrogens with one attached hydrogen (secondary N) is 1. The van der Waals surface area contributed by atoms with E-state index in [4.69, 9.17) is 11.0 Å². The lowest BCUT2D eigenvalue weighted by atomic mass is 10.5. The summed E-state index contributed by atoms with van der Waals surface area (Å²) in [7, 11) is 0. The van der Waals surface area contributed by atoms with Crippen LogP contribution in [0.15, 0.2) is 0 Å². The molecule has 74 valence electrons. The molecule has 0 spiro atoms. The highest BCUT2D eigenvalue weighted by molar-refractivity contribution is 5.33. The van der Waals surface area contributed by atoms with Crippen molar-refractivity contribution in [3.05, 3.63) is 0 Å². The van der Waals surface area contributed by atoms with Crippen molar-refractivity contribution in [3.8, 4) is 6.07 Å². The summed E-state index contributed by atoms with van der Waals surface area (Å²) in [5.74, 6) is 0.936. The topological polar surface area (TPSA) is 92.5 Å². The molecule has 14 heavy (non-hydrogen) atoms. The van der Waals surface area contributed by atoms with E-state index in [1.54, 1.807) is 4.68 Å². The van der Waals surface area contributed by atoms with E-state index in [1.165, 1.54) is 12.8 Å². The molecule has 3 N–H and O–H groups in total. The molecule has 6 heteroatoms. The van der Waals surface area contributed by atoms with Gasteiger partial charge >= 0.3 is 0 Å². The minimum Gasteiger partial charge on any atom is -0.368 e. The van der Waals surface area contributed by atoms with Gasteiger partial charge in [0.1, 0.15) is 0 Å². The Bertz CT molecular complexity index is 358. The Balaban J connectivity index is 2.00. The molecule has 6 nitrogen and oxygen atoms in total. The Morgan fingerprint density at radius 1 is 1.64 bits per heavy atom. The van der Waals surface area contributed by atoms with Crippen LogP contribution in [-0.4, -0.2) is 20.8 Å². The molecule has 0 saturated heterocycles. The van der Waals surface area contributed by atoms with Crippen LogP contribution in [0.3, 0.4) is 0 Å². The molecule has 0 atom stereocenters. The van der Waals surface area contributed by atoms with Gasteiger partial charge in [0.25, 0.3) is 0 Å². The highest BCUT2D eigenvalue weighted by Gasteiger charge is 2.22. The summed E-state index contributed by atoms with van der Waals surface area (Å²) in [6, 6.07) is 2.56. The third-order valence-electron chi connectivity index (χ3n) is 2.05. The van der Waals surface area contributed by atoms with Gasteiger partial charge in [-0.15, -0.1) is 5.10 Å². The highest BCUT2D eigenvalue weighted by atomic mass is 15.4. The second kappa shape index (κ2) is 3.54. The normalized spacial score (nSPS) is 15.1. The van der Waals surface area contributed by atoms with E-state index in [0.29, 0.717) is 30.9 Å². The number of nitrogens with two attached hydrogens (primary N) is 1. The molecule has 1 fully saturated rings.